The molecule has 2 aromatic rings. The van der Waals surface area contributed by atoms with Gasteiger partial charge in [-0.05, 0) is 53.5 Å². The van der Waals surface area contributed by atoms with E-state index in [0.29, 0.717) is 46.1 Å². The number of carbonyl (C=O) groups excluding carboxylic acids is 2. The summed E-state index contributed by atoms with van der Waals surface area (Å²) in [6, 6.07) is 10.2. The molecule has 0 fully saturated rings. The minimum absolute atomic E-state index is 0.0887. The molecule has 0 saturated heterocycles. The molecule has 0 radical (unpaired) electrons. The Morgan fingerprint density at radius 3 is 2.59 bits per heavy atom. The Kier molecular flexibility index (Phi) is 8.79. The Morgan fingerprint density at radius 1 is 1.10 bits per heavy atom. The first-order chi connectivity index (χ1) is 14.0. The van der Waals surface area contributed by atoms with Crippen LogP contribution in [-0.4, -0.2) is 38.7 Å². The lowest BCUT2D eigenvalue weighted by Crippen LogP contribution is -2.28. The summed E-state index contributed by atoms with van der Waals surface area (Å²) in [6.45, 7) is 4.85. The Balaban J connectivity index is 2.11. The molecule has 2 aromatic carbocycles. The van der Waals surface area contributed by atoms with Gasteiger partial charge in [0.25, 0.3) is 11.8 Å². The zero-order valence-electron chi connectivity index (χ0n) is 16.7. The maximum absolute atomic E-state index is 12.7. The average Bonchev–Trinajstić information content (AvgIpc) is 2.71. The Hall–Kier alpha value is -2.74. The van der Waals surface area contributed by atoms with Crippen molar-refractivity contribution in [3.8, 4) is 17.2 Å². The van der Waals surface area contributed by atoms with Crippen molar-refractivity contribution in [2.75, 3.05) is 32.2 Å². The Morgan fingerprint density at radius 2 is 1.90 bits per heavy atom. The SMILES string of the molecule is CCCOc1c(Br)cc(C(=O)Nc2cccc(OCC(=O)NCC)c2)cc1OC. The zero-order chi connectivity index (χ0) is 21.2. The lowest BCUT2D eigenvalue weighted by molar-refractivity contribution is -0.122. The summed E-state index contributed by atoms with van der Waals surface area (Å²) < 4.78 is 17.1. The van der Waals surface area contributed by atoms with Crippen LogP contribution in [0, 0.1) is 0 Å². The van der Waals surface area contributed by atoms with Crippen LogP contribution in [0.15, 0.2) is 40.9 Å². The fourth-order valence-corrected chi connectivity index (χ4v) is 3.02. The summed E-state index contributed by atoms with van der Waals surface area (Å²) in [5.74, 6) is 0.996. The average molecular weight is 465 g/mol. The molecule has 0 aliphatic carbocycles. The highest BCUT2D eigenvalue weighted by atomic mass is 79.9. The van der Waals surface area contributed by atoms with Gasteiger partial charge in [-0.3, -0.25) is 9.59 Å². The number of rotatable bonds is 10. The number of benzene rings is 2. The lowest BCUT2D eigenvalue weighted by atomic mass is 10.1. The van der Waals surface area contributed by atoms with Crippen LogP contribution in [0.4, 0.5) is 5.69 Å². The lowest BCUT2D eigenvalue weighted by Gasteiger charge is -2.14. The molecule has 0 unspecified atom stereocenters. The van der Waals surface area contributed by atoms with Crippen molar-refractivity contribution in [1.82, 2.24) is 5.32 Å². The summed E-state index contributed by atoms with van der Waals surface area (Å²) in [5, 5.41) is 5.47. The topological polar surface area (TPSA) is 85.9 Å². The van der Waals surface area contributed by atoms with E-state index in [1.807, 2.05) is 13.8 Å². The van der Waals surface area contributed by atoms with E-state index in [1.165, 1.54) is 7.11 Å². The molecule has 7 nitrogen and oxygen atoms in total. The molecule has 0 heterocycles. The van der Waals surface area contributed by atoms with E-state index in [1.54, 1.807) is 36.4 Å². The van der Waals surface area contributed by atoms with Gasteiger partial charge >= 0.3 is 0 Å². The molecule has 0 bridgehead atoms. The number of nitrogens with one attached hydrogen (secondary N) is 2. The van der Waals surface area contributed by atoms with Crippen molar-refractivity contribution in [3.63, 3.8) is 0 Å². The van der Waals surface area contributed by atoms with E-state index < -0.39 is 0 Å². The van der Waals surface area contributed by atoms with Crippen LogP contribution in [0.5, 0.6) is 17.2 Å². The molecular weight excluding hydrogens is 440 g/mol. The third kappa shape index (κ3) is 6.67. The number of likely N-dealkylation sites (N-methyl/N-ethyl adjacent to an activating group) is 1. The number of anilines is 1. The summed E-state index contributed by atoms with van der Waals surface area (Å²) in [4.78, 5) is 24.2. The smallest absolute Gasteiger partial charge is 0.257 e. The van der Waals surface area contributed by atoms with Gasteiger partial charge in [-0.1, -0.05) is 13.0 Å². The number of hydrogen-bond donors (Lipinski definition) is 2. The van der Waals surface area contributed by atoms with Gasteiger partial charge in [0.2, 0.25) is 0 Å². The predicted molar refractivity (Wildman–Crippen MR) is 115 cm³/mol. The van der Waals surface area contributed by atoms with Gasteiger partial charge in [0, 0.05) is 23.9 Å². The number of carbonyl (C=O) groups is 2. The number of amides is 2. The standard InChI is InChI=1S/C21H25BrN2O5/c1-4-9-28-20-17(22)10-14(11-18(20)27-3)21(26)24-15-7-6-8-16(12-15)29-13-19(25)23-5-2/h6-8,10-12H,4-5,9,13H2,1-3H3,(H,23,25)(H,24,26). The van der Waals surface area contributed by atoms with Crippen LogP contribution >= 0.6 is 15.9 Å². The molecule has 0 spiro atoms. The maximum Gasteiger partial charge on any atom is 0.257 e. The van der Waals surface area contributed by atoms with E-state index in [0.717, 1.165) is 6.42 Å². The molecule has 0 aliphatic rings. The van der Waals surface area contributed by atoms with Gasteiger partial charge in [0.05, 0.1) is 18.2 Å². The second-order valence-electron chi connectivity index (χ2n) is 6.06. The van der Waals surface area contributed by atoms with Crippen molar-refractivity contribution in [2.24, 2.45) is 0 Å². The molecule has 2 rings (SSSR count). The quantitative estimate of drug-likeness (QED) is 0.554. The molecule has 2 N–H and O–H groups in total. The zero-order valence-corrected chi connectivity index (χ0v) is 18.3. The fourth-order valence-electron chi connectivity index (χ4n) is 2.46. The number of halogens is 1. The third-order valence-electron chi connectivity index (χ3n) is 3.78. The largest absolute Gasteiger partial charge is 0.493 e. The van der Waals surface area contributed by atoms with Gasteiger partial charge in [-0.25, -0.2) is 0 Å². The molecule has 0 aromatic heterocycles. The second kappa shape index (κ2) is 11.3. The van der Waals surface area contributed by atoms with Crippen LogP contribution < -0.4 is 24.8 Å². The maximum atomic E-state index is 12.7. The van der Waals surface area contributed by atoms with E-state index in [4.69, 9.17) is 14.2 Å². The van der Waals surface area contributed by atoms with E-state index in [-0.39, 0.29) is 18.4 Å². The summed E-state index contributed by atoms with van der Waals surface area (Å²) in [7, 11) is 1.53. The molecular formula is C21H25BrN2O5. The minimum Gasteiger partial charge on any atom is -0.493 e. The Labute approximate surface area is 178 Å². The molecule has 0 saturated carbocycles. The highest BCUT2D eigenvalue weighted by Gasteiger charge is 2.16. The van der Waals surface area contributed by atoms with E-state index >= 15 is 0 Å². The first-order valence-corrected chi connectivity index (χ1v) is 10.1. The van der Waals surface area contributed by atoms with E-state index in [2.05, 4.69) is 26.6 Å². The molecule has 8 heteroatoms. The van der Waals surface area contributed by atoms with E-state index in [9.17, 15) is 9.59 Å². The first kappa shape index (κ1) is 22.5. The molecule has 29 heavy (non-hydrogen) atoms. The van der Waals surface area contributed by atoms with Crippen molar-refractivity contribution >= 4 is 33.4 Å². The molecule has 0 aliphatic heterocycles. The van der Waals surface area contributed by atoms with Crippen molar-refractivity contribution in [2.45, 2.75) is 20.3 Å². The monoisotopic (exact) mass is 464 g/mol. The second-order valence-corrected chi connectivity index (χ2v) is 6.92. The van der Waals surface area contributed by atoms with Crippen molar-refractivity contribution < 1.29 is 23.8 Å². The minimum atomic E-state index is -0.313. The van der Waals surface area contributed by atoms with Gasteiger partial charge < -0.3 is 24.8 Å². The van der Waals surface area contributed by atoms with Crippen molar-refractivity contribution in [1.29, 1.82) is 0 Å². The number of methoxy groups -OCH3 is 1. The van der Waals surface area contributed by atoms with Gasteiger partial charge in [-0.15, -0.1) is 0 Å². The molecule has 0 atom stereocenters. The van der Waals surface area contributed by atoms with Gasteiger partial charge in [0.15, 0.2) is 18.1 Å². The first-order valence-electron chi connectivity index (χ1n) is 9.29. The van der Waals surface area contributed by atoms with Gasteiger partial charge in [-0.2, -0.15) is 0 Å². The van der Waals surface area contributed by atoms with Crippen LogP contribution in [0.2, 0.25) is 0 Å². The number of ether oxygens (including phenoxy) is 3. The Bertz CT molecular complexity index is 857. The van der Waals surface area contributed by atoms with Gasteiger partial charge in [0.1, 0.15) is 5.75 Å². The highest BCUT2D eigenvalue weighted by molar-refractivity contribution is 9.10. The van der Waals surface area contributed by atoms with Crippen LogP contribution in [0.3, 0.4) is 0 Å². The summed E-state index contributed by atoms with van der Waals surface area (Å²) >= 11 is 3.44. The summed E-state index contributed by atoms with van der Waals surface area (Å²) in [5.41, 5.74) is 0.955. The fraction of sp³-hybridized carbons (Fsp3) is 0.333. The predicted octanol–water partition coefficient (Wildman–Crippen LogP) is 4.01. The molecule has 2 amide bonds. The van der Waals surface area contributed by atoms with Crippen LogP contribution in [-0.2, 0) is 4.79 Å². The summed E-state index contributed by atoms with van der Waals surface area (Å²) in [6.07, 6.45) is 0.857. The highest BCUT2D eigenvalue weighted by Crippen LogP contribution is 2.37. The number of hydrogen-bond acceptors (Lipinski definition) is 5. The molecule has 156 valence electrons. The third-order valence-corrected chi connectivity index (χ3v) is 4.37. The van der Waals surface area contributed by atoms with Crippen LogP contribution in [0.25, 0.3) is 0 Å². The van der Waals surface area contributed by atoms with Crippen LogP contribution in [0.1, 0.15) is 30.6 Å². The van der Waals surface area contributed by atoms with Crippen molar-refractivity contribution in [3.05, 3.63) is 46.4 Å². The normalized spacial score (nSPS) is 10.2.